The minimum atomic E-state index is -0.305. The third-order valence-electron chi connectivity index (χ3n) is 3.27. The Labute approximate surface area is 127 Å². The molecular weight excluding hydrogens is 320 g/mol. The third-order valence-corrected chi connectivity index (χ3v) is 4.02. The van der Waals surface area contributed by atoms with Gasteiger partial charge in [-0.05, 0) is 52.2 Å². The summed E-state index contributed by atoms with van der Waals surface area (Å²) < 4.78 is 11.5. The molecule has 2 aromatic rings. The van der Waals surface area contributed by atoms with E-state index in [4.69, 9.17) is 15.2 Å². The predicted octanol–water partition coefficient (Wildman–Crippen LogP) is 3.22. The van der Waals surface area contributed by atoms with Gasteiger partial charge in [0.2, 0.25) is 0 Å². The Bertz CT molecular complexity index is 617. The number of methoxy groups -OCH3 is 2. The summed E-state index contributed by atoms with van der Waals surface area (Å²) in [5.41, 5.74) is 9.33. The van der Waals surface area contributed by atoms with Crippen molar-refractivity contribution in [2.75, 3.05) is 14.2 Å². The number of aryl methyl sites for hydroxylation is 1. The summed E-state index contributed by atoms with van der Waals surface area (Å²) in [6.45, 7) is 2.02. The van der Waals surface area contributed by atoms with Crippen LogP contribution in [0.5, 0.6) is 11.5 Å². The van der Waals surface area contributed by atoms with Crippen molar-refractivity contribution in [3.63, 3.8) is 0 Å². The minimum Gasteiger partial charge on any atom is -0.495 e. The first-order chi connectivity index (χ1) is 9.60. The van der Waals surface area contributed by atoms with Crippen LogP contribution in [0.25, 0.3) is 0 Å². The van der Waals surface area contributed by atoms with E-state index in [0.717, 1.165) is 21.2 Å². The lowest BCUT2D eigenvalue weighted by Gasteiger charge is -2.19. The average Bonchev–Trinajstić information content (AvgIpc) is 2.46. The number of hydrogen-bond acceptors (Lipinski definition) is 4. The maximum atomic E-state index is 6.37. The lowest BCUT2D eigenvalue weighted by atomic mass is 9.97. The van der Waals surface area contributed by atoms with Crippen LogP contribution in [0.15, 0.2) is 35.1 Å². The number of ether oxygens (including phenoxy) is 2. The molecule has 1 aromatic heterocycles. The molecule has 0 aliphatic rings. The Morgan fingerprint density at radius 2 is 1.90 bits per heavy atom. The van der Waals surface area contributed by atoms with Gasteiger partial charge in [-0.15, -0.1) is 0 Å². The number of nitrogens with two attached hydrogens (primary N) is 1. The van der Waals surface area contributed by atoms with Gasteiger partial charge in [-0.2, -0.15) is 0 Å². The standard InChI is InChI=1S/C15H17BrN2O2/c1-9-6-7-18-8-11(9)14(17)10-4-5-12(19-2)13(16)15(10)20-3/h4-8,14H,17H2,1-3H3. The van der Waals surface area contributed by atoms with Crippen LogP contribution in [-0.4, -0.2) is 19.2 Å². The van der Waals surface area contributed by atoms with Gasteiger partial charge >= 0.3 is 0 Å². The fourth-order valence-corrected chi connectivity index (χ4v) is 2.82. The number of halogens is 1. The van der Waals surface area contributed by atoms with Crippen molar-refractivity contribution in [1.82, 2.24) is 4.98 Å². The van der Waals surface area contributed by atoms with Gasteiger partial charge in [0.25, 0.3) is 0 Å². The van der Waals surface area contributed by atoms with E-state index < -0.39 is 0 Å². The second kappa shape index (κ2) is 6.24. The van der Waals surface area contributed by atoms with Crippen LogP contribution in [0.3, 0.4) is 0 Å². The highest BCUT2D eigenvalue weighted by Crippen LogP contribution is 2.40. The highest BCUT2D eigenvalue weighted by molar-refractivity contribution is 9.10. The largest absolute Gasteiger partial charge is 0.495 e. The molecule has 0 bridgehead atoms. The normalized spacial score (nSPS) is 12.1. The molecule has 0 saturated heterocycles. The number of aromatic nitrogens is 1. The van der Waals surface area contributed by atoms with Crippen LogP contribution in [0.2, 0.25) is 0 Å². The molecular formula is C15H17BrN2O2. The predicted molar refractivity (Wildman–Crippen MR) is 82.3 cm³/mol. The second-order valence-corrected chi connectivity index (χ2v) is 5.21. The first-order valence-corrected chi connectivity index (χ1v) is 6.96. The van der Waals surface area contributed by atoms with Crippen molar-refractivity contribution in [3.8, 4) is 11.5 Å². The van der Waals surface area contributed by atoms with Gasteiger partial charge in [0.15, 0.2) is 0 Å². The molecule has 0 saturated carbocycles. The van der Waals surface area contributed by atoms with E-state index in [1.807, 2.05) is 25.1 Å². The van der Waals surface area contributed by atoms with Crippen LogP contribution < -0.4 is 15.2 Å². The molecule has 1 heterocycles. The van der Waals surface area contributed by atoms with E-state index in [2.05, 4.69) is 20.9 Å². The van der Waals surface area contributed by atoms with Crippen molar-refractivity contribution < 1.29 is 9.47 Å². The van der Waals surface area contributed by atoms with Crippen molar-refractivity contribution in [2.45, 2.75) is 13.0 Å². The third kappa shape index (κ3) is 2.64. The molecule has 1 aromatic carbocycles. The summed E-state index contributed by atoms with van der Waals surface area (Å²) >= 11 is 3.49. The van der Waals surface area contributed by atoms with E-state index in [1.165, 1.54) is 0 Å². The van der Waals surface area contributed by atoms with Crippen LogP contribution >= 0.6 is 15.9 Å². The molecule has 106 valence electrons. The zero-order chi connectivity index (χ0) is 14.7. The van der Waals surface area contributed by atoms with Crippen molar-refractivity contribution in [3.05, 3.63) is 51.8 Å². The highest BCUT2D eigenvalue weighted by atomic mass is 79.9. The summed E-state index contributed by atoms with van der Waals surface area (Å²) in [6.07, 6.45) is 3.55. The van der Waals surface area contributed by atoms with E-state index in [0.29, 0.717) is 11.5 Å². The summed E-state index contributed by atoms with van der Waals surface area (Å²) in [4.78, 5) is 4.15. The van der Waals surface area contributed by atoms with Gasteiger partial charge in [-0.3, -0.25) is 4.98 Å². The lowest BCUT2D eigenvalue weighted by molar-refractivity contribution is 0.385. The van der Waals surface area contributed by atoms with E-state index in [-0.39, 0.29) is 6.04 Å². The molecule has 0 aliphatic heterocycles. The van der Waals surface area contributed by atoms with Crippen molar-refractivity contribution in [2.24, 2.45) is 5.73 Å². The molecule has 20 heavy (non-hydrogen) atoms. The molecule has 1 unspecified atom stereocenters. The topological polar surface area (TPSA) is 57.4 Å². The summed E-state index contributed by atoms with van der Waals surface area (Å²) in [5, 5.41) is 0. The van der Waals surface area contributed by atoms with E-state index in [1.54, 1.807) is 26.6 Å². The number of pyridine rings is 1. The molecule has 0 fully saturated rings. The molecule has 2 N–H and O–H groups in total. The Morgan fingerprint density at radius 1 is 1.15 bits per heavy atom. The molecule has 1 atom stereocenters. The maximum Gasteiger partial charge on any atom is 0.141 e. The van der Waals surface area contributed by atoms with Gasteiger partial charge in [0, 0.05) is 18.0 Å². The fraction of sp³-hybridized carbons (Fsp3) is 0.267. The zero-order valence-corrected chi connectivity index (χ0v) is 13.3. The molecule has 0 spiro atoms. The minimum absolute atomic E-state index is 0.305. The second-order valence-electron chi connectivity index (χ2n) is 4.41. The fourth-order valence-electron chi connectivity index (χ4n) is 2.13. The summed E-state index contributed by atoms with van der Waals surface area (Å²) in [7, 11) is 3.23. The molecule has 0 radical (unpaired) electrons. The van der Waals surface area contributed by atoms with Gasteiger partial charge < -0.3 is 15.2 Å². The van der Waals surface area contributed by atoms with Crippen LogP contribution in [0, 0.1) is 6.92 Å². The Hall–Kier alpha value is -1.59. The summed E-state index contributed by atoms with van der Waals surface area (Å²) in [5.74, 6) is 1.39. The average molecular weight is 337 g/mol. The van der Waals surface area contributed by atoms with E-state index >= 15 is 0 Å². The SMILES string of the molecule is COc1ccc(C(N)c2cnccc2C)c(OC)c1Br. The van der Waals surface area contributed by atoms with Crippen LogP contribution in [0.1, 0.15) is 22.7 Å². The van der Waals surface area contributed by atoms with Crippen molar-refractivity contribution >= 4 is 15.9 Å². The van der Waals surface area contributed by atoms with Gasteiger partial charge in [0.1, 0.15) is 16.0 Å². The molecule has 0 aliphatic carbocycles. The Morgan fingerprint density at radius 3 is 2.50 bits per heavy atom. The van der Waals surface area contributed by atoms with E-state index in [9.17, 15) is 0 Å². The molecule has 2 rings (SSSR count). The lowest BCUT2D eigenvalue weighted by Crippen LogP contribution is -2.15. The van der Waals surface area contributed by atoms with Gasteiger partial charge in [0.05, 0.1) is 20.3 Å². The van der Waals surface area contributed by atoms with Crippen molar-refractivity contribution in [1.29, 1.82) is 0 Å². The summed E-state index contributed by atoms with van der Waals surface area (Å²) in [6, 6.07) is 5.42. The monoisotopic (exact) mass is 336 g/mol. The smallest absolute Gasteiger partial charge is 0.141 e. The van der Waals surface area contributed by atoms with Gasteiger partial charge in [-0.25, -0.2) is 0 Å². The first kappa shape index (κ1) is 14.8. The zero-order valence-electron chi connectivity index (χ0n) is 11.7. The maximum absolute atomic E-state index is 6.37. The number of hydrogen-bond donors (Lipinski definition) is 1. The molecule has 5 heteroatoms. The molecule has 4 nitrogen and oxygen atoms in total. The molecule has 0 amide bonds. The number of benzene rings is 1. The van der Waals surface area contributed by atoms with Gasteiger partial charge in [-0.1, -0.05) is 0 Å². The Kier molecular flexibility index (Phi) is 4.62. The first-order valence-electron chi connectivity index (χ1n) is 6.16. The quantitative estimate of drug-likeness (QED) is 0.931. The van der Waals surface area contributed by atoms with Crippen LogP contribution in [-0.2, 0) is 0 Å². The number of rotatable bonds is 4. The Balaban J connectivity index is 2.53. The number of nitrogens with zero attached hydrogens (tertiary/aromatic N) is 1. The van der Waals surface area contributed by atoms with Crippen LogP contribution in [0.4, 0.5) is 0 Å². The highest BCUT2D eigenvalue weighted by Gasteiger charge is 2.20.